The van der Waals surface area contributed by atoms with Crippen molar-refractivity contribution in [3.8, 4) is 17.2 Å². The summed E-state index contributed by atoms with van der Waals surface area (Å²) < 4.78 is 44.9. The number of hydrazone groups is 1. The van der Waals surface area contributed by atoms with Gasteiger partial charge in [0.2, 0.25) is 0 Å². The highest BCUT2D eigenvalue weighted by molar-refractivity contribution is 7.92. The predicted molar refractivity (Wildman–Crippen MR) is 148 cm³/mol. The van der Waals surface area contributed by atoms with Crippen molar-refractivity contribution in [2.75, 3.05) is 31.2 Å². The lowest BCUT2D eigenvalue weighted by Crippen LogP contribution is -2.39. The Labute approximate surface area is 224 Å². The van der Waals surface area contributed by atoms with Crippen LogP contribution in [0.5, 0.6) is 17.2 Å². The second-order valence-electron chi connectivity index (χ2n) is 8.28. The molecule has 3 aromatic rings. The first-order valence-corrected chi connectivity index (χ1v) is 13.7. The van der Waals surface area contributed by atoms with Crippen LogP contribution in [0.15, 0.2) is 76.7 Å². The Balaban J connectivity index is 1.82. The van der Waals surface area contributed by atoms with Gasteiger partial charge in [0, 0.05) is 0 Å². The van der Waals surface area contributed by atoms with E-state index in [1.807, 2.05) is 20.8 Å². The molecule has 1 amide bonds. The Morgan fingerprint density at radius 1 is 0.974 bits per heavy atom. The van der Waals surface area contributed by atoms with Crippen LogP contribution in [0.2, 0.25) is 0 Å². The molecule has 0 aliphatic heterocycles. The van der Waals surface area contributed by atoms with Gasteiger partial charge < -0.3 is 14.2 Å². The van der Waals surface area contributed by atoms with E-state index < -0.39 is 22.5 Å². The summed E-state index contributed by atoms with van der Waals surface area (Å²) in [5, 5.41) is 4.02. The molecular weight excluding hydrogens is 506 g/mol. The maximum Gasteiger partial charge on any atom is 0.264 e. The molecule has 0 bridgehead atoms. The molecule has 0 aliphatic rings. The molecule has 0 aromatic heterocycles. The summed E-state index contributed by atoms with van der Waals surface area (Å²) >= 11 is 0. The minimum absolute atomic E-state index is 0.0548. The second kappa shape index (κ2) is 13.5. The highest BCUT2D eigenvalue weighted by atomic mass is 32.2. The number of sulfonamides is 1. The van der Waals surface area contributed by atoms with Crippen molar-refractivity contribution < 1.29 is 27.4 Å². The van der Waals surface area contributed by atoms with E-state index in [-0.39, 0.29) is 10.6 Å². The number of benzene rings is 3. The maximum absolute atomic E-state index is 13.6. The Hall–Kier alpha value is -4.05. The number of aryl methyl sites for hydroxylation is 1. The van der Waals surface area contributed by atoms with Gasteiger partial charge in [-0.1, -0.05) is 36.8 Å². The zero-order valence-corrected chi connectivity index (χ0v) is 22.8. The lowest BCUT2D eigenvalue weighted by Gasteiger charge is -2.25. The maximum atomic E-state index is 13.6. The molecule has 0 fully saturated rings. The van der Waals surface area contributed by atoms with E-state index in [0.717, 1.165) is 16.3 Å². The number of anilines is 1. The molecule has 0 radical (unpaired) electrons. The summed E-state index contributed by atoms with van der Waals surface area (Å²) in [5.41, 5.74) is 4.24. The van der Waals surface area contributed by atoms with Crippen LogP contribution in [-0.4, -0.2) is 47.4 Å². The molecule has 10 heteroatoms. The normalized spacial score (nSPS) is 11.3. The molecule has 0 heterocycles. The fourth-order valence-corrected chi connectivity index (χ4v) is 4.95. The van der Waals surface area contributed by atoms with E-state index in [4.69, 9.17) is 14.2 Å². The molecule has 3 aromatic carbocycles. The SMILES string of the molecule is CCCOc1ccc(/C=N/NC(=O)CN(c2ccccc2OC)S(=O)(=O)c2ccc(C)cc2)cc1OCC. The number of hydrogen-bond donors (Lipinski definition) is 1. The number of carbonyl (C=O) groups excluding carboxylic acids is 1. The van der Waals surface area contributed by atoms with Crippen LogP contribution in [-0.2, 0) is 14.8 Å². The molecule has 0 atom stereocenters. The lowest BCUT2D eigenvalue weighted by molar-refractivity contribution is -0.119. The number of ether oxygens (including phenoxy) is 3. The van der Waals surface area contributed by atoms with Gasteiger partial charge in [0.1, 0.15) is 12.3 Å². The molecule has 202 valence electrons. The summed E-state index contributed by atoms with van der Waals surface area (Å²) in [6.45, 7) is 6.28. The number of methoxy groups -OCH3 is 1. The highest BCUT2D eigenvalue weighted by Gasteiger charge is 2.29. The summed E-state index contributed by atoms with van der Waals surface area (Å²) in [6, 6.07) is 18.3. The van der Waals surface area contributed by atoms with Crippen molar-refractivity contribution >= 4 is 27.8 Å². The van der Waals surface area contributed by atoms with Crippen LogP contribution in [0.25, 0.3) is 0 Å². The van der Waals surface area contributed by atoms with E-state index in [2.05, 4.69) is 10.5 Å². The van der Waals surface area contributed by atoms with Gasteiger partial charge in [-0.25, -0.2) is 13.8 Å². The average Bonchev–Trinajstić information content (AvgIpc) is 2.91. The van der Waals surface area contributed by atoms with Crippen molar-refractivity contribution in [1.29, 1.82) is 0 Å². The highest BCUT2D eigenvalue weighted by Crippen LogP contribution is 2.32. The number of amides is 1. The number of hydrogen-bond acceptors (Lipinski definition) is 7. The third kappa shape index (κ3) is 7.25. The number of nitrogens with one attached hydrogen (secondary N) is 1. The van der Waals surface area contributed by atoms with Gasteiger partial charge in [0.15, 0.2) is 11.5 Å². The van der Waals surface area contributed by atoms with Crippen molar-refractivity contribution in [2.24, 2.45) is 5.10 Å². The molecular formula is C28H33N3O6S. The fraction of sp³-hybridized carbons (Fsp3) is 0.286. The van der Waals surface area contributed by atoms with Gasteiger partial charge in [-0.3, -0.25) is 9.10 Å². The van der Waals surface area contributed by atoms with Crippen LogP contribution in [0, 0.1) is 6.92 Å². The Bertz CT molecular complexity index is 1360. The van der Waals surface area contributed by atoms with E-state index in [0.29, 0.717) is 36.0 Å². The van der Waals surface area contributed by atoms with Crippen LogP contribution in [0.1, 0.15) is 31.4 Å². The number of nitrogens with zero attached hydrogens (tertiary/aromatic N) is 2. The molecule has 0 saturated heterocycles. The minimum atomic E-state index is -4.09. The van der Waals surface area contributed by atoms with E-state index in [1.54, 1.807) is 54.6 Å². The summed E-state index contributed by atoms with van der Waals surface area (Å²) in [6.07, 6.45) is 2.32. The largest absolute Gasteiger partial charge is 0.495 e. The van der Waals surface area contributed by atoms with Gasteiger partial charge in [0.05, 0.1) is 37.1 Å². The second-order valence-corrected chi connectivity index (χ2v) is 10.1. The minimum Gasteiger partial charge on any atom is -0.495 e. The van der Waals surface area contributed by atoms with Crippen LogP contribution in [0.3, 0.4) is 0 Å². The van der Waals surface area contributed by atoms with Gasteiger partial charge in [-0.2, -0.15) is 5.10 Å². The quantitative estimate of drug-likeness (QED) is 0.253. The molecule has 0 saturated carbocycles. The smallest absolute Gasteiger partial charge is 0.264 e. The molecule has 0 unspecified atom stereocenters. The molecule has 1 N–H and O–H groups in total. The lowest BCUT2D eigenvalue weighted by atomic mass is 10.2. The van der Waals surface area contributed by atoms with Crippen molar-refractivity contribution in [3.63, 3.8) is 0 Å². The van der Waals surface area contributed by atoms with E-state index >= 15 is 0 Å². The van der Waals surface area contributed by atoms with Crippen LogP contribution < -0.4 is 23.9 Å². The standard InChI is InChI=1S/C28H33N3O6S/c1-5-17-37-26-16-13-22(18-27(26)36-6-2)19-29-30-28(32)20-31(24-9-7-8-10-25(24)35-4)38(33,34)23-14-11-21(3)12-15-23/h7-16,18-19H,5-6,17,20H2,1-4H3,(H,30,32)/b29-19+. The van der Waals surface area contributed by atoms with Gasteiger partial charge in [0.25, 0.3) is 15.9 Å². The first-order chi connectivity index (χ1) is 18.3. The molecule has 0 aliphatic carbocycles. The van der Waals surface area contributed by atoms with E-state index in [1.165, 1.54) is 25.5 Å². The number of rotatable bonds is 13. The Morgan fingerprint density at radius 3 is 2.39 bits per heavy atom. The summed E-state index contributed by atoms with van der Waals surface area (Å²) in [4.78, 5) is 12.9. The van der Waals surface area contributed by atoms with Crippen molar-refractivity contribution in [1.82, 2.24) is 5.43 Å². The number of carbonyl (C=O) groups is 1. The predicted octanol–water partition coefficient (Wildman–Crippen LogP) is 4.54. The Morgan fingerprint density at radius 2 is 1.71 bits per heavy atom. The first kappa shape index (κ1) is 28.5. The zero-order chi connectivity index (χ0) is 27.5. The summed E-state index contributed by atoms with van der Waals surface area (Å²) in [5.74, 6) is 0.885. The van der Waals surface area contributed by atoms with Crippen LogP contribution in [0.4, 0.5) is 5.69 Å². The first-order valence-electron chi connectivity index (χ1n) is 12.2. The molecule has 9 nitrogen and oxygen atoms in total. The third-order valence-electron chi connectivity index (χ3n) is 5.38. The fourth-order valence-electron chi connectivity index (χ4n) is 3.52. The van der Waals surface area contributed by atoms with Gasteiger partial charge >= 0.3 is 0 Å². The van der Waals surface area contributed by atoms with Gasteiger partial charge in [-0.05, 0) is 68.3 Å². The van der Waals surface area contributed by atoms with Crippen molar-refractivity contribution in [3.05, 3.63) is 77.9 Å². The molecule has 3 rings (SSSR count). The number of para-hydroxylation sites is 2. The van der Waals surface area contributed by atoms with Crippen molar-refractivity contribution in [2.45, 2.75) is 32.1 Å². The molecule has 38 heavy (non-hydrogen) atoms. The summed E-state index contributed by atoms with van der Waals surface area (Å²) in [7, 11) is -2.65. The van der Waals surface area contributed by atoms with Crippen LogP contribution >= 0.6 is 0 Å². The zero-order valence-electron chi connectivity index (χ0n) is 22.0. The Kier molecular flexibility index (Phi) is 10.1. The monoisotopic (exact) mass is 539 g/mol. The van der Waals surface area contributed by atoms with Gasteiger partial charge in [-0.15, -0.1) is 0 Å². The topological polar surface area (TPSA) is 107 Å². The molecule has 0 spiro atoms. The average molecular weight is 540 g/mol. The third-order valence-corrected chi connectivity index (χ3v) is 7.16. The van der Waals surface area contributed by atoms with E-state index in [9.17, 15) is 13.2 Å².